The van der Waals surface area contributed by atoms with E-state index in [1.54, 1.807) is 7.11 Å². The van der Waals surface area contributed by atoms with E-state index in [-0.39, 0.29) is 0 Å². The Hall–Kier alpha value is -0.970. The van der Waals surface area contributed by atoms with Gasteiger partial charge < -0.3 is 10.1 Å². The number of aromatic nitrogens is 1. The molecule has 0 unspecified atom stereocenters. The maximum absolute atomic E-state index is 5.10. The Bertz CT molecular complexity index is 318. The van der Waals surface area contributed by atoms with E-state index in [9.17, 15) is 0 Å². The molecule has 0 spiro atoms. The maximum Gasteiger partial charge on any atom is 0.0589 e. The summed E-state index contributed by atoms with van der Waals surface area (Å²) in [5.41, 5.74) is 1.25. The van der Waals surface area contributed by atoms with Gasteiger partial charge in [0, 0.05) is 45.2 Å². The summed E-state index contributed by atoms with van der Waals surface area (Å²) >= 11 is 0. The first-order valence-electron chi connectivity index (χ1n) is 6.22. The summed E-state index contributed by atoms with van der Waals surface area (Å²) in [7, 11) is 1.76. The number of rotatable bonds is 6. The van der Waals surface area contributed by atoms with Crippen molar-refractivity contribution in [3.8, 4) is 0 Å². The van der Waals surface area contributed by atoms with Crippen LogP contribution in [0.1, 0.15) is 12.0 Å². The molecule has 0 amide bonds. The first kappa shape index (κ1) is 12.5. The molecule has 2 rings (SSSR count). The fraction of sp³-hybridized carbons (Fsp3) is 0.615. The van der Waals surface area contributed by atoms with Gasteiger partial charge in [-0.05, 0) is 24.6 Å². The van der Waals surface area contributed by atoms with Crippen molar-refractivity contribution < 1.29 is 4.74 Å². The number of ether oxygens (including phenoxy) is 1. The largest absolute Gasteiger partial charge is 0.383 e. The van der Waals surface area contributed by atoms with Crippen molar-refractivity contribution in [3.63, 3.8) is 0 Å². The van der Waals surface area contributed by atoms with Gasteiger partial charge in [-0.2, -0.15) is 0 Å². The summed E-state index contributed by atoms with van der Waals surface area (Å²) < 4.78 is 5.10. The predicted molar refractivity (Wildman–Crippen MR) is 67.8 cm³/mol. The third-order valence-corrected chi connectivity index (χ3v) is 3.20. The highest BCUT2D eigenvalue weighted by Crippen LogP contribution is 2.09. The monoisotopic (exact) mass is 235 g/mol. The number of pyridine rings is 1. The fourth-order valence-corrected chi connectivity index (χ4v) is 2.19. The van der Waals surface area contributed by atoms with Gasteiger partial charge in [-0.1, -0.05) is 6.07 Å². The Labute approximate surface area is 103 Å². The SMILES string of the molecule is COCCN1CC[C@H](NCc2cccnc2)C1. The minimum Gasteiger partial charge on any atom is -0.383 e. The first-order valence-corrected chi connectivity index (χ1v) is 6.22. The van der Waals surface area contributed by atoms with Gasteiger partial charge in [0.1, 0.15) is 0 Å². The smallest absolute Gasteiger partial charge is 0.0589 e. The zero-order valence-corrected chi connectivity index (χ0v) is 10.4. The molecule has 0 aliphatic carbocycles. The molecule has 0 radical (unpaired) electrons. The minimum atomic E-state index is 0.604. The number of hydrogen-bond acceptors (Lipinski definition) is 4. The van der Waals surface area contributed by atoms with E-state index in [2.05, 4.69) is 21.3 Å². The lowest BCUT2D eigenvalue weighted by Gasteiger charge is -2.16. The van der Waals surface area contributed by atoms with Gasteiger partial charge in [-0.25, -0.2) is 0 Å². The average Bonchev–Trinajstić information content (AvgIpc) is 2.83. The quantitative estimate of drug-likeness (QED) is 0.794. The van der Waals surface area contributed by atoms with Crippen LogP contribution in [0.2, 0.25) is 0 Å². The molecule has 1 saturated heterocycles. The number of nitrogens with zero attached hydrogens (tertiary/aromatic N) is 2. The Morgan fingerprint density at radius 3 is 3.29 bits per heavy atom. The van der Waals surface area contributed by atoms with Gasteiger partial charge in [0.25, 0.3) is 0 Å². The third kappa shape index (κ3) is 4.07. The summed E-state index contributed by atoms with van der Waals surface area (Å²) in [5.74, 6) is 0. The second-order valence-corrected chi connectivity index (χ2v) is 4.52. The van der Waals surface area contributed by atoms with Crippen molar-refractivity contribution >= 4 is 0 Å². The first-order chi connectivity index (χ1) is 8.38. The van der Waals surface area contributed by atoms with Crippen LogP contribution in [0, 0.1) is 0 Å². The lowest BCUT2D eigenvalue weighted by molar-refractivity contribution is 0.159. The number of nitrogens with one attached hydrogen (secondary N) is 1. The molecule has 0 bridgehead atoms. The van der Waals surface area contributed by atoms with Crippen LogP contribution in [0.15, 0.2) is 24.5 Å². The molecule has 4 nitrogen and oxygen atoms in total. The Kier molecular flexibility index (Phi) is 4.91. The lowest BCUT2D eigenvalue weighted by atomic mass is 10.2. The molecule has 1 N–H and O–H groups in total. The standard InChI is InChI=1S/C13H21N3O/c1-17-8-7-16-6-4-13(11-16)15-10-12-3-2-5-14-9-12/h2-3,5,9,13,15H,4,6-8,10-11H2,1H3/t13-/m0/s1. The topological polar surface area (TPSA) is 37.4 Å². The molecule has 2 heterocycles. The van der Waals surface area contributed by atoms with Crippen LogP contribution in [0.5, 0.6) is 0 Å². The van der Waals surface area contributed by atoms with E-state index in [1.165, 1.54) is 18.5 Å². The minimum absolute atomic E-state index is 0.604. The van der Waals surface area contributed by atoms with E-state index in [1.807, 2.05) is 18.5 Å². The molecule has 0 aromatic carbocycles. The molecular formula is C13H21N3O. The van der Waals surface area contributed by atoms with Crippen molar-refractivity contribution in [1.82, 2.24) is 15.2 Å². The number of likely N-dealkylation sites (tertiary alicyclic amines) is 1. The van der Waals surface area contributed by atoms with Gasteiger partial charge in [-0.15, -0.1) is 0 Å². The van der Waals surface area contributed by atoms with E-state index >= 15 is 0 Å². The molecule has 1 aliphatic rings. The van der Waals surface area contributed by atoms with Crippen LogP contribution >= 0.6 is 0 Å². The maximum atomic E-state index is 5.10. The van der Waals surface area contributed by atoms with Crippen molar-refractivity contribution in [2.24, 2.45) is 0 Å². The fourth-order valence-electron chi connectivity index (χ4n) is 2.19. The summed E-state index contributed by atoms with van der Waals surface area (Å²) in [6, 6.07) is 4.70. The van der Waals surface area contributed by atoms with Crippen molar-refractivity contribution in [2.75, 3.05) is 33.4 Å². The van der Waals surface area contributed by atoms with Crippen LogP contribution in [0.3, 0.4) is 0 Å². The van der Waals surface area contributed by atoms with E-state index in [4.69, 9.17) is 4.74 Å². The molecule has 4 heteroatoms. The second kappa shape index (κ2) is 6.69. The highest BCUT2D eigenvalue weighted by molar-refractivity contribution is 5.08. The van der Waals surface area contributed by atoms with Gasteiger partial charge in [0.15, 0.2) is 0 Å². The highest BCUT2D eigenvalue weighted by atomic mass is 16.5. The number of hydrogen-bond donors (Lipinski definition) is 1. The average molecular weight is 235 g/mol. The second-order valence-electron chi connectivity index (χ2n) is 4.52. The zero-order chi connectivity index (χ0) is 11.9. The number of methoxy groups -OCH3 is 1. The Balaban J connectivity index is 1.68. The molecule has 17 heavy (non-hydrogen) atoms. The molecule has 94 valence electrons. The highest BCUT2D eigenvalue weighted by Gasteiger charge is 2.21. The lowest BCUT2D eigenvalue weighted by Crippen LogP contribution is -2.33. The normalized spacial score (nSPS) is 20.9. The van der Waals surface area contributed by atoms with Gasteiger partial charge in [0.05, 0.1) is 6.61 Å². The van der Waals surface area contributed by atoms with E-state index in [0.717, 1.165) is 26.2 Å². The van der Waals surface area contributed by atoms with Crippen LogP contribution in [0.4, 0.5) is 0 Å². The molecule has 1 atom stereocenters. The van der Waals surface area contributed by atoms with Gasteiger partial charge in [-0.3, -0.25) is 9.88 Å². The molecule has 1 aromatic heterocycles. The van der Waals surface area contributed by atoms with Gasteiger partial charge in [0.2, 0.25) is 0 Å². The van der Waals surface area contributed by atoms with Crippen LogP contribution in [0.25, 0.3) is 0 Å². The summed E-state index contributed by atoms with van der Waals surface area (Å²) in [5, 5.41) is 3.58. The van der Waals surface area contributed by atoms with Gasteiger partial charge >= 0.3 is 0 Å². The van der Waals surface area contributed by atoms with E-state index < -0.39 is 0 Å². The molecule has 0 saturated carbocycles. The molecule has 1 fully saturated rings. The van der Waals surface area contributed by atoms with Crippen LogP contribution in [-0.2, 0) is 11.3 Å². The van der Waals surface area contributed by atoms with Crippen molar-refractivity contribution in [2.45, 2.75) is 19.0 Å². The predicted octanol–water partition coefficient (Wildman–Crippen LogP) is 0.892. The molecule has 1 aromatic rings. The summed E-state index contributed by atoms with van der Waals surface area (Å²) in [6.07, 6.45) is 4.96. The molecule has 1 aliphatic heterocycles. The zero-order valence-electron chi connectivity index (χ0n) is 10.4. The Morgan fingerprint density at radius 1 is 1.59 bits per heavy atom. The summed E-state index contributed by atoms with van der Waals surface area (Å²) in [4.78, 5) is 6.57. The van der Waals surface area contributed by atoms with Crippen molar-refractivity contribution in [1.29, 1.82) is 0 Å². The van der Waals surface area contributed by atoms with Crippen LogP contribution < -0.4 is 5.32 Å². The third-order valence-electron chi connectivity index (χ3n) is 3.20. The van der Waals surface area contributed by atoms with E-state index in [0.29, 0.717) is 6.04 Å². The van der Waals surface area contributed by atoms with Crippen molar-refractivity contribution in [3.05, 3.63) is 30.1 Å². The van der Waals surface area contributed by atoms with Crippen LogP contribution in [-0.4, -0.2) is 49.3 Å². The molecular weight excluding hydrogens is 214 g/mol. The summed E-state index contributed by atoms with van der Waals surface area (Å²) in [6.45, 7) is 5.09. The Morgan fingerprint density at radius 2 is 2.53 bits per heavy atom.